The van der Waals surface area contributed by atoms with Gasteiger partial charge in [0.1, 0.15) is 0 Å². The predicted molar refractivity (Wildman–Crippen MR) is 80.8 cm³/mol. The van der Waals surface area contributed by atoms with Crippen LogP contribution < -0.4 is 0 Å². The lowest BCUT2D eigenvalue weighted by Gasteiger charge is -2.05. The number of esters is 2. The van der Waals surface area contributed by atoms with Crippen LogP contribution in [0.1, 0.15) is 44.6 Å². The van der Waals surface area contributed by atoms with Gasteiger partial charge in [-0.1, -0.05) is 43.7 Å². The number of benzene rings is 1. The first-order valence-corrected chi connectivity index (χ1v) is 7.57. The molecule has 0 saturated carbocycles. The number of aryl methyl sites for hydroxylation is 1. The third kappa shape index (κ3) is 8.84. The molecule has 4 nitrogen and oxygen atoms in total. The Labute approximate surface area is 126 Å². The van der Waals surface area contributed by atoms with Crippen LogP contribution >= 0.6 is 0 Å². The third-order valence-electron chi connectivity index (χ3n) is 3.01. The van der Waals surface area contributed by atoms with E-state index in [2.05, 4.69) is 0 Å². The van der Waals surface area contributed by atoms with Crippen LogP contribution in [-0.2, 0) is 25.5 Å². The first-order valence-electron chi connectivity index (χ1n) is 7.57. The molecule has 0 bridgehead atoms. The van der Waals surface area contributed by atoms with Crippen LogP contribution in [0.2, 0.25) is 0 Å². The Morgan fingerprint density at radius 3 is 2.05 bits per heavy atom. The highest BCUT2D eigenvalue weighted by molar-refractivity contribution is 5.77. The van der Waals surface area contributed by atoms with E-state index in [1.165, 1.54) is 5.56 Å². The molecule has 0 aliphatic heterocycles. The average molecular weight is 292 g/mol. The summed E-state index contributed by atoms with van der Waals surface area (Å²) in [5.74, 6) is -0.666. The molecule has 116 valence electrons. The summed E-state index contributed by atoms with van der Waals surface area (Å²) in [6, 6.07) is 10.1. The smallest absolute Gasteiger partial charge is 0.306 e. The van der Waals surface area contributed by atoms with Crippen molar-refractivity contribution in [1.82, 2.24) is 0 Å². The zero-order chi connectivity index (χ0) is 15.3. The first kappa shape index (κ1) is 17.2. The molecular weight excluding hydrogens is 268 g/mol. The van der Waals surface area contributed by atoms with Crippen molar-refractivity contribution in [3.8, 4) is 0 Å². The van der Waals surface area contributed by atoms with Crippen molar-refractivity contribution in [2.75, 3.05) is 13.2 Å². The van der Waals surface area contributed by atoms with Gasteiger partial charge in [-0.05, 0) is 24.8 Å². The maximum atomic E-state index is 11.5. The lowest BCUT2D eigenvalue weighted by atomic mass is 10.1. The second kappa shape index (κ2) is 10.9. The van der Waals surface area contributed by atoms with Gasteiger partial charge in [0.15, 0.2) is 0 Å². The summed E-state index contributed by atoms with van der Waals surface area (Å²) < 4.78 is 10.1. The summed E-state index contributed by atoms with van der Waals surface area (Å²) in [5, 5.41) is 0. The summed E-state index contributed by atoms with van der Waals surface area (Å²) >= 11 is 0. The van der Waals surface area contributed by atoms with Crippen molar-refractivity contribution < 1.29 is 19.1 Å². The number of carbonyl (C=O) groups is 2. The van der Waals surface area contributed by atoms with E-state index >= 15 is 0 Å². The minimum atomic E-state index is -0.337. The lowest BCUT2D eigenvalue weighted by Crippen LogP contribution is -2.11. The summed E-state index contributed by atoms with van der Waals surface area (Å²) in [5.41, 5.74) is 1.23. The number of ether oxygens (including phenoxy) is 2. The van der Waals surface area contributed by atoms with Gasteiger partial charge in [-0.2, -0.15) is 0 Å². The van der Waals surface area contributed by atoms with E-state index in [0.29, 0.717) is 13.2 Å². The largest absolute Gasteiger partial charge is 0.466 e. The van der Waals surface area contributed by atoms with E-state index in [0.717, 1.165) is 25.7 Å². The van der Waals surface area contributed by atoms with E-state index < -0.39 is 0 Å². The molecule has 1 aromatic carbocycles. The molecule has 0 saturated heterocycles. The molecular formula is C17H24O4. The second-order valence-corrected chi connectivity index (χ2v) is 4.88. The van der Waals surface area contributed by atoms with Crippen LogP contribution in [0.15, 0.2) is 30.3 Å². The fourth-order valence-electron chi connectivity index (χ4n) is 1.79. The Balaban J connectivity index is 2.02. The molecule has 0 unspecified atom stereocenters. The number of carbonyl (C=O) groups excluding carboxylic acids is 2. The van der Waals surface area contributed by atoms with Gasteiger partial charge in [-0.3, -0.25) is 9.59 Å². The van der Waals surface area contributed by atoms with Crippen LogP contribution in [0.3, 0.4) is 0 Å². The molecule has 1 aromatic rings. The Bertz CT molecular complexity index is 414. The van der Waals surface area contributed by atoms with Gasteiger partial charge < -0.3 is 9.47 Å². The number of hydrogen-bond acceptors (Lipinski definition) is 4. The van der Waals surface area contributed by atoms with Gasteiger partial charge in [-0.15, -0.1) is 0 Å². The molecule has 0 fully saturated rings. The molecule has 0 radical (unpaired) electrons. The van der Waals surface area contributed by atoms with Crippen molar-refractivity contribution in [2.24, 2.45) is 0 Å². The van der Waals surface area contributed by atoms with E-state index in [1.54, 1.807) is 0 Å². The first-order chi connectivity index (χ1) is 10.2. The Morgan fingerprint density at radius 2 is 1.48 bits per heavy atom. The molecule has 0 aliphatic carbocycles. The summed E-state index contributed by atoms with van der Waals surface area (Å²) in [6.07, 6.45) is 3.70. The molecule has 0 aliphatic rings. The maximum Gasteiger partial charge on any atom is 0.306 e. The fraction of sp³-hybridized carbons (Fsp3) is 0.529. The number of unbranched alkanes of at least 4 members (excludes halogenated alkanes) is 1. The fourth-order valence-corrected chi connectivity index (χ4v) is 1.79. The Morgan fingerprint density at radius 1 is 0.905 bits per heavy atom. The highest BCUT2D eigenvalue weighted by Crippen LogP contribution is 2.03. The van der Waals surface area contributed by atoms with Crippen LogP contribution in [0.4, 0.5) is 0 Å². The standard InChI is InChI=1S/C17H24O4/c1-2-3-13-20-16(18)11-12-17(19)21-14-7-10-15-8-5-4-6-9-15/h4-6,8-9H,2-3,7,10-14H2,1H3. The van der Waals surface area contributed by atoms with Gasteiger partial charge >= 0.3 is 11.9 Å². The Kier molecular flexibility index (Phi) is 8.93. The molecule has 1 rings (SSSR count). The van der Waals surface area contributed by atoms with Crippen molar-refractivity contribution in [1.29, 1.82) is 0 Å². The zero-order valence-corrected chi connectivity index (χ0v) is 12.7. The van der Waals surface area contributed by atoms with Crippen LogP contribution in [0, 0.1) is 0 Å². The summed E-state index contributed by atoms with van der Waals surface area (Å²) in [7, 11) is 0. The van der Waals surface area contributed by atoms with E-state index in [9.17, 15) is 9.59 Å². The van der Waals surface area contributed by atoms with Crippen molar-refractivity contribution in [2.45, 2.75) is 45.4 Å². The van der Waals surface area contributed by atoms with Gasteiger partial charge in [0.25, 0.3) is 0 Å². The van der Waals surface area contributed by atoms with E-state index in [1.807, 2.05) is 37.3 Å². The predicted octanol–water partition coefficient (Wildman–Crippen LogP) is 3.29. The highest BCUT2D eigenvalue weighted by Gasteiger charge is 2.08. The summed E-state index contributed by atoms with van der Waals surface area (Å²) in [6.45, 7) is 2.85. The maximum absolute atomic E-state index is 11.5. The zero-order valence-electron chi connectivity index (χ0n) is 12.7. The van der Waals surface area contributed by atoms with Crippen LogP contribution in [0.25, 0.3) is 0 Å². The molecule has 0 aromatic heterocycles. The van der Waals surface area contributed by atoms with Gasteiger partial charge in [0.05, 0.1) is 26.1 Å². The second-order valence-electron chi connectivity index (χ2n) is 4.88. The summed E-state index contributed by atoms with van der Waals surface area (Å²) in [4.78, 5) is 22.8. The van der Waals surface area contributed by atoms with E-state index in [4.69, 9.17) is 9.47 Å². The lowest BCUT2D eigenvalue weighted by molar-refractivity contribution is -0.150. The SMILES string of the molecule is CCCCOC(=O)CCC(=O)OCCCc1ccccc1. The number of hydrogen-bond donors (Lipinski definition) is 0. The topological polar surface area (TPSA) is 52.6 Å². The minimum absolute atomic E-state index is 0.0935. The van der Waals surface area contributed by atoms with E-state index in [-0.39, 0.29) is 24.8 Å². The van der Waals surface area contributed by atoms with Crippen LogP contribution in [-0.4, -0.2) is 25.2 Å². The normalized spacial score (nSPS) is 10.1. The number of rotatable bonds is 10. The molecule has 4 heteroatoms. The molecule has 0 amide bonds. The van der Waals surface area contributed by atoms with Crippen molar-refractivity contribution >= 4 is 11.9 Å². The van der Waals surface area contributed by atoms with Gasteiger partial charge in [-0.25, -0.2) is 0 Å². The monoisotopic (exact) mass is 292 g/mol. The average Bonchev–Trinajstić information content (AvgIpc) is 2.51. The third-order valence-corrected chi connectivity index (χ3v) is 3.01. The molecule has 0 N–H and O–H groups in total. The molecule has 0 atom stereocenters. The quantitative estimate of drug-likeness (QED) is 0.490. The van der Waals surface area contributed by atoms with Gasteiger partial charge in [0.2, 0.25) is 0 Å². The highest BCUT2D eigenvalue weighted by atomic mass is 16.5. The molecule has 21 heavy (non-hydrogen) atoms. The van der Waals surface area contributed by atoms with Gasteiger partial charge in [0, 0.05) is 0 Å². The molecule has 0 heterocycles. The minimum Gasteiger partial charge on any atom is -0.466 e. The Hall–Kier alpha value is -1.84. The van der Waals surface area contributed by atoms with Crippen molar-refractivity contribution in [3.05, 3.63) is 35.9 Å². The van der Waals surface area contributed by atoms with Crippen LogP contribution in [0.5, 0.6) is 0 Å². The van der Waals surface area contributed by atoms with Crippen molar-refractivity contribution in [3.63, 3.8) is 0 Å². The molecule has 0 spiro atoms.